The second-order valence-electron chi connectivity index (χ2n) is 7.01. The van der Waals surface area contributed by atoms with Crippen molar-refractivity contribution in [3.63, 3.8) is 0 Å². The van der Waals surface area contributed by atoms with Crippen molar-refractivity contribution in [2.75, 3.05) is 39.9 Å². The van der Waals surface area contributed by atoms with E-state index in [1.54, 1.807) is 0 Å². The summed E-state index contributed by atoms with van der Waals surface area (Å²) in [7, 11) is 1.90. The molecule has 2 aliphatic rings. The van der Waals surface area contributed by atoms with Crippen molar-refractivity contribution in [3.05, 3.63) is 0 Å². The van der Waals surface area contributed by atoms with E-state index in [2.05, 4.69) is 19.2 Å². The second kappa shape index (κ2) is 6.90. The van der Waals surface area contributed by atoms with Crippen LogP contribution in [0.4, 0.5) is 0 Å². The third-order valence-electron chi connectivity index (χ3n) is 4.84. The van der Waals surface area contributed by atoms with E-state index in [0.717, 1.165) is 32.0 Å². The highest BCUT2D eigenvalue weighted by molar-refractivity contribution is 5.82. The molecule has 20 heavy (non-hydrogen) atoms. The van der Waals surface area contributed by atoms with Crippen LogP contribution in [0.25, 0.3) is 0 Å². The summed E-state index contributed by atoms with van der Waals surface area (Å²) in [6.45, 7) is 8.48. The van der Waals surface area contributed by atoms with Crippen molar-refractivity contribution in [1.29, 1.82) is 0 Å². The number of rotatable bonds is 7. The predicted octanol–water partition coefficient (Wildman–Crippen LogP) is 1.90. The van der Waals surface area contributed by atoms with Crippen LogP contribution in [0.1, 0.15) is 39.5 Å². The Morgan fingerprint density at radius 3 is 2.70 bits per heavy atom. The minimum absolute atomic E-state index is 0.251. The van der Waals surface area contributed by atoms with Gasteiger partial charge in [-0.25, -0.2) is 0 Å². The van der Waals surface area contributed by atoms with Crippen LogP contribution in [0.3, 0.4) is 0 Å². The Balaban J connectivity index is 1.74. The average Bonchev–Trinajstić information content (AvgIpc) is 3.27. The number of nitrogens with one attached hydrogen (secondary N) is 1. The van der Waals surface area contributed by atoms with E-state index >= 15 is 0 Å². The average molecular weight is 282 g/mol. The Labute approximate surface area is 123 Å². The molecular weight excluding hydrogens is 252 g/mol. The van der Waals surface area contributed by atoms with Gasteiger partial charge in [0.1, 0.15) is 0 Å². The van der Waals surface area contributed by atoms with Gasteiger partial charge in [0.25, 0.3) is 0 Å². The van der Waals surface area contributed by atoms with E-state index in [9.17, 15) is 4.79 Å². The molecule has 1 unspecified atom stereocenters. The summed E-state index contributed by atoms with van der Waals surface area (Å²) in [4.78, 5) is 14.5. The summed E-state index contributed by atoms with van der Waals surface area (Å²) >= 11 is 0. The van der Waals surface area contributed by atoms with Crippen LogP contribution in [0.2, 0.25) is 0 Å². The molecule has 1 aliphatic heterocycles. The van der Waals surface area contributed by atoms with Crippen molar-refractivity contribution < 1.29 is 9.53 Å². The van der Waals surface area contributed by atoms with Crippen molar-refractivity contribution in [1.82, 2.24) is 10.2 Å². The number of hydrogen-bond donors (Lipinski definition) is 1. The standard InChI is InChI=1S/C16H30N2O2/c1-16(2,14-5-4-8-17-11-14)15(19)18(3)9-10-20-12-13-6-7-13/h13-14,17H,4-12H2,1-3H3. The number of hydrogen-bond acceptors (Lipinski definition) is 3. The minimum atomic E-state index is -0.279. The molecule has 0 spiro atoms. The van der Waals surface area contributed by atoms with Crippen LogP contribution in [-0.4, -0.2) is 50.7 Å². The summed E-state index contributed by atoms with van der Waals surface area (Å²) in [5.41, 5.74) is -0.279. The van der Waals surface area contributed by atoms with E-state index < -0.39 is 0 Å². The molecule has 4 nitrogen and oxygen atoms in total. The molecule has 1 saturated carbocycles. The van der Waals surface area contributed by atoms with Crippen LogP contribution in [0, 0.1) is 17.3 Å². The summed E-state index contributed by atoms with van der Waals surface area (Å²) < 4.78 is 5.63. The van der Waals surface area contributed by atoms with E-state index in [0.29, 0.717) is 19.1 Å². The molecule has 0 bridgehead atoms. The monoisotopic (exact) mass is 282 g/mol. The smallest absolute Gasteiger partial charge is 0.228 e. The van der Waals surface area contributed by atoms with Gasteiger partial charge in [-0.2, -0.15) is 0 Å². The molecule has 1 heterocycles. The van der Waals surface area contributed by atoms with Crippen molar-refractivity contribution in [2.24, 2.45) is 17.3 Å². The third kappa shape index (κ3) is 4.19. The van der Waals surface area contributed by atoms with Crippen LogP contribution >= 0.6 is 0 Å². The maximum absolute atomic E-state index is 12.6. The van der Waals surface area contributed by atoms with Crippen LogP contribution in [-0.2, 0) is 9.53 Å². The molecule has 0 aromatic heterocycles. The fourth-order valence-corrected chi connectivity index (χ4v) is 2.97. The van der Waals surface area contributed by atoms with Crippen molar-refractivity contribution >= 4 is 5.91 Å². The highest BCUT2D eigenvalue weighted by atomic mass is 16.5. The first kappa shape index (κ1) is 15.8. The van der Waals surface area contributed by atoms with E-state index in [4.69, 9.17) is 4.74 Å². The first-order valence-electron chi connectivity index (χ1n) is 8.06. The van der Waals surface area contributed by atoms with Gasteiger partial charge in [0.05, 0.1) is 6.61 Å². The topological polar surface area (TPSA) is 41.6 Å². The molecule has 1 saturated heterocycles. The Morgan fingerprint density at radius 1 is 1.35 bits per heavy atom. The minimum Gasteiger partial charge on any atom is -0.379 e. The number of likely N-dealkylation sites (N-methyl/N-ethyl adjacent to an activating group) is 1. The van der Waals surface area contributed by atoms with E-state index in [1.807, 2.05) is 11.9 Å². The summed E-state index contributed by atoms with van der Waals surface area (Å²) in [5.74, 6) is 1.49. The second-order valence-corrected chi connectivity index (χ2v) is 7.01. The quantitative estimate of drug-likeness (QED) is 0.725. The van der Waals surface area contributed by atoms with Gasteiger partial charge in [-0.15, -0.1) is 0 Å². The number of piperidine rings is 1. The van der Waals surface area contributed by atoms with Gasteiger partial charge >= 0.3 is 0 Å². The van der Waals surface area contributed by atoms with E-state index in [1.165, 1.54) is 19.3 Å². The molecule has 0 aromatic carbocycles. The predicted molar refractivity (Wildman–Crippen MR) is 80.6 cm³/mol. The lowest BCUT2D eigenvalue weighted by Gasteiger charge is -2.38. The number of nitrogens with zero attached hydrogens (tertiary/aromatic N) is 1. The molecule has 4 heteroatoms. The maximum Gasteiger partial charge on any atom is 0.228 e. The lowest BCUT2D eigenvalue weighted by molar-refractivity contribution is -0.143. The SMILES string of the molecule is CN(CCOCC1CC1)C(=O)C(C)(C)C1CCCNC1. The molecule has 2 fully saturated rings. The number of amides is 1. The first-order valence-corrected chi connectivity index (χ1v) is 8.06. The Morgan fingerprint density at radius 2 is 2.10 bits per heavy atom. The molecule has 1 N–H and O–H groups in total. The zero-order valence-electron chi connectivity index (χ0n) is 13.3. The van der Waals surface area contributed by atoms with Gasteiger partial charge in [0.15, 0.2) is 0 Å². The number of ether oxygens (including phenoxy) is 1. The van der Waals surface area contributed by atoms with Crippen LogP contribution < -0.4 is 5.32 Å². The Kier molecular flexibility index (Phi) is 5.44. The highest BCUT2D eigenvalue weighted by Gasteiger charge is 2.38. The lowest BCUT2D eigenvalue weighted by Crippen LogP contribution is -2.48. The van der Waals surface area contributed by atoms with E-state index in [-0.39, 0.29) is 11.3 Å². The molecule has 0 radical (unpaired) electrons. The molecular formula is C16H30N2O2. The van der Waals surface area contributed by atoms with Gasteiger partial charge in [-0.3, -0.25) is 4.79 Å². The van der Waals surface area contributed by atoms with Crippen molar-refractivity contribution in [2.45, 2.75) is 39.5 Å². The largest absolute Gasteiger partial charge is 0.379 e. The molecule has 1 aliphatic carbocycles. The molecule has 116 valence electrons. The number of carbonyl (C=O) groups is 1. The van der Waals surface area contributed by atoms with Gasteiger partial charge in [-0.1, -0.05) is 13.8 Å². The van der Waals surface area contributed by atoms with Crippen LogP contribution in [0.15, 0.2) is 0 Å². The van der Waals surface area contributed by atoms with Crippen molar-refractivity contribution in [3.8, 4) is 0 Å². The fourth-order valence-electron chi connectivity index (χ4n) is 2.97. The maximum atomic E-state index is 12.6. The molecule has 1 amide bonds. The third-order valence-corrected chi connectivity index (χ3v) is 4.84. The zero-order chi connectivity index (χ0) is 14.6. The van der Waals surface area contributed by atoms with Gasteiger partial charge in [0.2, 0.25) is 5.91 Å². The van der Waals surface area contributed by atoms with Crippen LogP contribution in [0.5, 0.6) is 0 Å². The normalized spacial score (nSPS) is 23.6. The Hall–Kier alpha value is -0.610. The lowest BCUT2D eigenvalue weighted by atomic mass is 9.74. The fraction of sp³-hybridized carbons (Fsp3) is 0.938. The zero-order valence-corrected chi connectivity index (χ0v) is 13.3. The Bertz CT molecular complexity index is 320. The molecule has 1 atom stereocenters. The summed E-state index contributed by atoms with van der Waals surface area (Å²) in [6.07, 6.45) is 4.96. The summed E-state index contributed by atoms with van der Waals surface area (Å²) in [5, 5.41) is 3.41. The first-order chi connectivity index (χ1) is 9.51. The molecule has 2 rings (SSSR count). The number of carbonyl (C=O) groups excluding carboxylic acids is 1. The summed E-state index contributed by atoms with van der Waals surface area (Å²) in [6, 6.07) is 0. The van der Waals surface area contributed by atoms with Gasteiger partial charge < -0.3 is 15.0 Å². The molecule has 0 aromatic rings. The highest BCUT2D eigenvalue weighted by Crippen LogP contribution is 2.33. The van der Waals surface area contributed by atoms with Gasteiger partial charge in [-0.05, 0) is 50.6 Å². The van der Waals surface area contributed by atoms with Gasteiger partial charge in [0, 0.05) is 25.6 Å².